The van der Waals surface area contributed by atoms with Crippen molar-refractivity contribution in [1.29, 1.82) is 0 Å². The van der Waals surface area contributed by atoms with Gasteiger partial charge in [-0.2, -0.15) is 0 Å². The highest BCUT2D eigenvalue weighted by atomic mass is 16.6. The van der Waals surface area contributed by atoms with E-state index in [2.05, 4.69) is 85.1 Å². The Balaban J connectivity index is 3.43. The number of ether oxygens (including phenoxy) is 3. The molecule has 680 valence electrons. The Labute approximate surface area is 709 Å². The zero-order valence-corrected chi connectivity index (χ0v) is 76.7. The van der Waals surface area contributed by atoms with Crippen molar-refractivity contribution in [3.05, 3.63) is 35.9 Å². The number of hydrogen-bond acceptors (Lipinski definition) is 20. The van der Waals surface area contributed by atoms with E-state index in [-0.39, 0.29) is 18.9 Å². The van der Waals surface area contributed by atoms with Gasteiger partial charge in [-0.15, -0.1) is 0 Å². The second-order valence-corrected chi connectivity index (χ2v) is 36.7. The molecule has 0 saturated carbocycles. The van der Waals surface area contributed by atoms with Crippen molar-refractivity contribution in [1.82, 2.24) is 85.1 Å². The molecule has 1 aromatic carbocycles. The van der Waals surface area contributed by atoms with Crippen LogP contribution >= 0.6 is 0 Å². The number of alkyl carbamates (subject to hydrolysis) is 1. The average Bonchev–Trinajstić information content (AvgIpc) is 0.822. The molecule has 0 saturated heterocycles. The Bertz CT molecular complexity index is 3720. The van der Waals surface area contributed by atoms with Crippen LogP contribution in [0, 0.1) is 47.3 Å². The van der Waals surface area contributed by atoms with Crippen LogP contribution in [0.15, 0.2) is 30.3 Å². The van der Waals surface area contributed by atoms with E-state index >= 15 is 0 Å². The molecule has 120 heavy (non-hydrogen) atoms. The lowest BCUT2D eigenvalue weighted by atomic mass is 9.94. The van der Waals surface area contributed by atoms with Crippen LogP contribution in [0.4, 0.5) is 4.79 Å². The highest BCUT2D eigenvalue weighted by molar-refractivity contribution is 6.02. The van der Waals surface area contributed by atoms with Crippen LogP contribution in [-0.4, -0.2) is 215 Å². The minimum Gasteiger partial charge on any atom is -0.467 e. The molecule has 0 bridgehead atoms. The first-order chi connectivity index (χ1) is 54.9. The molecule has 0 unspecified atom stereocenters. The number of amides is 16. The topological polar surface area (TPSA) is 510 Å². The number of rotatable bonds is 47. The van der Waals surface area contributed by atoms with Crippen LogP contribution in [0.25, 0.3) is 0 Å². The van der Waals surface area contributed by atoms with Crippen LogP contribution in [0.3, 0.4) is 0 Å². The summed E-state index contributed by atoms with van der Waals surface area (Å²) in [7, 11) is 1.17. The molecule has 36 nitrogen and oxygen atoms in total. The minimum absolute atomic E-state index is 0.0359. The third-order valence-corrected chi connectivity index (χ3v) is 19.9. The normalized spacial score (nSPS) is 15.1. The lowest BCUT2D eigenvalue weighted by molar-refractivity contribution is -0.150. The number of esters is 1. The summed E-state index contributed by atoms with van der Waals surface area (Å²) in [6.45, 7) is 46.1. The van der Waals surface area contributed by atoms with Crippen molar-refractivity contribution in [2.45, 2.75) is 327 Å². The lowest BCUT2D eigenvalue weighted by Crippen LogP contribution is -2.66. The maximum atomic E-state index is 14.8. The Morgan fingerprint density at radius 3 is 1.02 bits per heavy atom. The van der Waals surface area contributed by atoms with E-state index in [0.717, 1.165) is 0 Å². The smallest absolute Gasteiger partial charge is 0.408 e. The van der Waals surface area contributed by atoms with Gasteiger partial charge < -0.3 is 99.3 Å². The lowest BCUT2D eigenvalue weighted by Gasteiger charge is -2.35. The Hall–Kier alpha value is -10.0. The summed E-state index contributed by atoms with van der Waals surface area (Å²) in [4.78, 5) is 236. The number of benzene rings is 1. The van der Waals surface area contributed by atoms with E-state index in [1.165, 1.54) is 83.3 Å². The van der Waals surface area contributed by atoms with Crippen LogP contribution < -0.4 is 85.1 Å². The first kappa shape index (κ1) is 108. The largest absolute Gasteiger partial charge is 0.467 e. The van der Waals surface area contributed by atoms with Crippen molar-refractivity contribution in [3.8, 4) is 0 Å². The molecule has 0 aromatic heterocycles. The second kappa shape index (κ2) is 47.2. The molecule has 0 aliphatic heterocycles. The number of carbonyl (C=O) groups is 17. The molecular weight excluding hydrogens is 1550 g/mol. The molecule has 16 amide bonds. The predicted molar refractivity (Wildman–Crippen MR) is 451 cm³/mol. The SMILES string of the molecule is CC[C@@H](C)[C@@H](NC(=O)[C@H](NC(=O)[C@H](NC(=O)C(C)(C)NC(=O)CNC(=O)[C@H](NC(=O)C(C)(C)NC(=O)[C@@H](CC(C)C)NC(=O)CNC(=O)OC(C)(C)C)C(C)C)C(C)C)C(C)C)C(=O)NC(C)(C)C(=O)N[C@@H](C(=O)N[C@@H](C(=O)NC(C)(C)C(=O)N[C@@H](C(=O)N[C@@H](C(=O)NC(C)(C)C(=O)OC)[C@H](C)CC)C(C)C)C(C)C)[C@H](C)OCc1ccccc1. The van der Waals surface area contributed by atoms with Gasteiger partial charge in [-0.25, -0.2) is 9.59 Å². The van der Waals surface area contributed by atoms with Gasteiger partial charge in [0.05, 0.1) is 26.4 Å². The fraction of sp³-hybridized carbons (Fsp3) is 0.726. The molecule has 0 radical (unpaired) electrons. The predicted octanol–water partition coefficient (Wildman–Crippen LogP) is 2.66. The van der Waals surface area contributed by atoms with Crippen LogP contribution in [0.1, 0.15) is 233 Å². The van der Waals surface area contributed by atoms with E-state index in [1.54, 1.807) is 141 Å². The van der Waals surface area contributed by atoms with Crippen LogP contribution in [-0.2, 0) is 97.5 Å². The third kappa shape index (κ3) is 35.3. The van der Waals surface area contributed by atoms with E-state index in [1.807, 2.05) is 20.8 Å². The van der Waals surface area contributed by atoms with Gasteiger partial charge >= 0.3 is 12.1 Å². The Kier molecular flexibility index (Phi) is 42.5. The standard InChI is InChI=1S/C84H144N16O20/c1-32-49(15)61(90-66(105)57(45(7)8)88-67(106)58(46(9)10)93-73(112)80(21,22)96-55(102)41-85-65(104)56(44(5)6)92-74(113)81(23,24)97-64(103)53(39-43(3)4)87-54(101)40-86-78(117)120-79(18,19)20)71(110)99-83(27,28)76(115)95-63(51(17)119-42-52-37-35-34-36-38-52)69(108)89-60(48(13)14)70(109)98-82(25,26)75(114)94-59(47(11)12)68(107)91-62(50(16)33-2)72(111)100-84(29,30)77(116)118-31/h34-38,43-51,53,56-63H,32-33,39-42H2,1-31H3,(H,85,104)(H,86,117)(H,87,101)(H,88,106)(H,89,108)(H,90,105)(H,91,107)(H,92,113)(H,93,112)(H,94,114)(H,95,115)(H,96,102)(H,97,103)(H,98,109)(H,99,110)(H,100,111)/t49-,50-,51+,53-,56-,57-,58-,59-,60-,61-,62-,63-/m1/s1. The molecule has 36 heteroatoms. The van der Waals surface area contributed by atoms with Crippen molar-refractivity contribution >= 4 is 101 Å². The monoisotopic (exact) mass is 1700 g/mol. The summed E-state index contributed by atoms with van der Waals surface area (Å²) in [5.41, 5.74) is -8.60. The van der Waals surface area contributed by atoms with E-state index < -0.39 is 249 Å². The summed E-state index contributed by atoms with van der Waals surface area (Å²) in [6, 6.07) is -2.83. The zero-order chi connectivity index (χ0) is 93.0. The summed E-state index contributed by atoms with van der Waals surface area (Å²) < 4.78 is 16.2. The molecule has 0 heterocycles. The Morgan fingerprint density at radius 2 is 0.658 bits per heavy atom. The summed E-state index contributed by atoms with van der Waals surface area (Å²) in [6.07, 6.45) is -1.06. The molecule has 0 aliphatic carbocycles. The molecule has 0 spiro atoms. The molecule has 16 N–H and O–H groups in total. The highest BCUT2D eigenvalue weighted by Gasteiger charge is 2.45. The number of carbonyl (C=O) groups excluding carboxylic acids is 17. The summed E-state index contributed by atoms with van der Waals surface area (Å²) in [5, 5.41) is 42.2. The van der Waals surface area contributed by atoms with Crippen molar-refractivity contribution < 1.29 is 95.7 Å². The van der Waals surface area contributed by atoms with Gasteiger partial charge in [-0.05, 0) is 156 Å². The maximum Gasteiger partial charge on any atom is 0.408 e. The second-order valence-electron chi connectivity index (χ2n) is 36.7. The average molecular weight is 1700 g/mol. The van der Waals surface area contributed by atoms with Crippen molar-refractivity contribution in [3.63, 3.8) is 0 Å². The van der Waals surface area contributed by atoms with Gasteiger partial charge in [0.1, 0.15) is 94.2 Å². The number of methoxy groups -OCH3 is 1. The van der Waals surface area contributed by atoms with Crippen molar-refractivity contribution in [2.75, 3.05) is 20.2 Å². The van der Waals surface area contributed by atoms with Gasteiger partial charge in [-0.3, -0.25) is 71.9 Å². The van der Waals surface area contributed by atoms with E-state index in [0.29, 0.717) is 18.4 Å². The molecule has 0 fully saturated rings. The number of hydrogen-bond donors (Lipinski definition) is 16. The fourth-order valence-corrected chi connectivity index (χ4v) is 11.8. The van der Waals surface area contributed by atoms with Crippen LogP contribution in [0.5, 0.6) is 0 Å². The van der Waals surface area contributed by atoms with Gasteiger partial charge in [-0.1, -0.05) is 154 Å². The van der Waals surface area contributed by atoms with Gasteiger partial charge in [0.15, 0.2) is 0 Å². The highest BCUT2D eigenvalue weighted by Crippen LogP contribution is 2.21. The van der Waals surface area contributed by atoms with Gasteiger partial charge in [0, 0.05) is 0 Å². The summed E-state index contributed by atoms with van der Waals surface area (Å²) >= 11 is 0. The quantitative estimate of drug-likeness (QED) is 0.0417. The zero-order valence-electron chi connectivity index (χ0n) is 76.7. The summed E-state index contributed by atoms with van der Waals surface area (Å²) in [5.74, 6) is -16.9. The molecule has 1 rings (SSSR count). The Morgan fingerprint density at radius 1 is 0.342 bits per heavy atom. The molecule has 0 aliphatic rings. The van der Waals surface area contributed by atoms with Crippen molar-refractivity contribution in [2.24, 2.45) is 47.3 Å². The van der Waals surface area contributed by atoms with E-state index in [9.17, 15) is 81.5 Å². The molecule has 1 aromatic rings. The van der Waals surface area contributed by atoms with Crippen LogP contribution in [0.2, 0.25) is 0 Å². The molecule has 12 atom stereocenters. The van der Waals surface area contributed by atoms with Gasteiger partial charge in [0.2, 0.25) is 88.6 Å². The maximum absolute atomic E-state index is 14.8. The fourth-order valence-electron chi connectivity index (χ4n) is 11.8. The first-order valence-corrected chi connectivity index (χ1v) is 41.3. The first-order valence-electron chi connectivity index (χ1n) is 41.3. The van der Waals surface area contributed by atoms with E-state index in [4.69, 9.17) is 14.2 Å². The molecular formula is C84H144N16O20. The minimum atomic E-state index is -1.87. The number of nitrogens with one attached hydrogen (secondary N) is 16. The third-order valence-electron chi connectivity index (χ3n) is 19.9. The van der Waals surface area contributed by atoms with Gasteiger partial charge in [0.25, 0.3) is 0 Å².